The summed E-state index contributed by atoms with van der Waals surface area (Å²) in [6.45, 7) is 3.82. The molecule has 0 bridgehead atoms. The van der Waals surface area contributed by atoms with Gasteiger partial charge in [0.25, 0.3) is 5.91 Å². The molecule has 0 aliphatic heterocycles. The SMILES string of the molecule is CCc1cccc(NC(=O)c2cc(C)on2)c1. The van der Waals surface area contributed by atoms with E-state index in [9.17, 15) is 4.79 Å². The van der Waals surface area contributed by atoms with E-state index in [-0.39, 0.29) is 5.91 Å². The average molecular weight is 230 g/mol. The molecule has 2 rings (SSSR count). The van der Waals surface area contributed by atoms with Crippen LogP contribution in [0.5, 0.6) is 0 Å². The second-order valence-electron chi connectivity index (χ2n) is 3.83. The zero-order valence-electron chi connectivity index (χ0n) is 9.86. The van der Waals surface area contributed by atoms with Crippen molar-refractivity contribution in [2.24, 2.45) is 0 Å². The number of amides is 1. The molecule has 0 radical (unpaired) electrons. The van der Waals surface area contributed by atoms with Crippen molar-refractivity contribution in [2.75, 3.05) is 5.32 Å². The van der Waals surface area contributed by atoms with Crippen LogP contribution in [0.1, 0.15) is 28.7 Å². The fourth-order valence-corrected chi connectivity index (χ4v) is 1.54. The molecule has 0 fully saturated rings. The van der Waals surface area contributed by atoms with Crippen LogP contribution in [0.2, 0.25) is 0 Å². The molecule has 0 atom stereocenters. The number of anilines is 1. The van der Waals surface area contributed by atoms with Crippen molar-refractivity contribution >= 4 is 11.6 Å². The highest BCUT2D eigenvalue weighted by Crippen LogP contribution is 2.12. The molecule has 1 aromatic carbocycles. The summed E-state index contributed by atoms with van der Waals surface area (Å²) in [5.74, 6) is 0.368. The number of carbonyl (C=O) groups is 1. The van der Waals surface area contributed by atoms with E-state index in [2.05, 4.69) is 17.4 Å². The molecule has 0 aliphatic rings. The Kier molecular flexibility index (Phi) is 3.23. The van der Waals surface area contributed by atoms with E-state index in [0.717, 1.165) is 12.1 Å². The van der Waals surface area contributed by atoms with Gasteiger partial charge < -0.3 is 9.84 Å². The molecule has 0 saturated carbocycles. The highest BCUT2D eigenvalue weighted by atomic mass is 16.5. The van der Waals surface area contributed by atoms with E-state index < -0.39 is 0 Å². The van der Waals surface area contributed by atoms with Gasteiger partial charge in [-0.25, -0.2) is 0 Å². The third-order valence-corrected chi connectivity index (χ3v) is 2.45. The monoisotopic (exact) mass is 230 g/mol. The van der Waals surface area contributed by atoms with Crippen LogP contribution in [0.25, 0.3) is 0 Å². The quantitative estimate of drug-likeness (QED) is 0.882. The van der Waals surface area contributed by atoms with Crippen LogP contribution in [0, 0.1) is 6.92 Å². The summed E-state index contributed by atoms with van der Waals surface area (Å²) in [5, 5.41) is 6.45. The van der Waals surface area contributed by atoms with Gasteiger partial charge in [0, 0.05) is 11.8 Å². The summed E-state index contributed by atoms with van der Waals surface area (Å²) in [4.78, 5) is 11.8. The van der Waals surface area contributed by atoms with Gasteiger partial charge in [-0.3, -0.25) is 4.79 Å². The Hall–Kier alpha value is -2.10. The molecule has 0 aliphatic carbocycles. The van der Waals surface area contributed by atoms with E-state index in [1.807, 2.05) is 24.3 Å². The highest BCUT2D eigenvalue weighted by Gasteiger charge is 2.10. The Bertz CT molecular complexity index is 532. The molecule has 88 valence electrons. The van der Waals surface area contributed by atoms with Crippen molar-refractivity contribution in [1.82, 2.24) is 5.16 Å². The zero-order chi connectivity index (χ0) is 12.3. The summed E-state index contributed by atoms with van der Waals surface area (Å²) < 4.78 is 4.86. The summed E-state index contributed by atoms with van der Waals surface area (Å²) >= 11 is 0. The van der Waals surface area contributed by atoms with Crippen LogP contribution in [0.3, 0.4) is 0 Å². The summed E-state index contributed by atoms with van der Waals surface area (Å²) in [5.41, 5.74) is 2.25. The van der Waals surface area contributed by atoms with Crippen molar-refractivity contribution in [1.29, 1.82) is 0 Å². The normalized spacial score (nSPS) is 10.2. The minimum Gasteiger partial charge on any atom is -0.361 e. The number of hydrogen-bond acceptors (Lipinski definition) is 3. The molecule has 4 nitrogen and oxygen atoms in total. The van der Waals surface area contributed by atoms with Crippen LogP contribution in [0.15, 0.2) is 34.9 Å². The van der Waals surface area contributed by atoms with E-state index in [1.54, 1.807) is 13.0 Å². The lowest BCUT2D eigenvalue weighted by atomic mass is 10.1. The maximum atomic E-state index is 11.8. The third kappa shape index (κ3) is 2.72. The molecule has 0 saturated heterocycles. The number of aryl methyl sites for hydroxylation is 2. The molecular formula is C13H14N2O2. The summed E-state index contributed by atoms with van der Waals surface area (Å²) in [6.07, 6.45) is 0.937. The Balaban J connectivity index is 2.12. The van der Waals surface area contributed by atoms with Crippen LogP contribution < -0.4 is 5.32 Å². The lowest BCUT2D eigenvalue weighted by Gasteiger charge is -2.04. The van der Waals surface area contributed by atoms with Crippen LogP contribution >= 0.6 is 0 Å². The van der Waals surface area contributed by atoms with Gasteiger partial charge in [-0.1, -0.05) is 24.2 Å². The van der Waals surface area contributed by atoms with Gasteiger partial charge >= 0.3 is 0 Å². The van der Waals surface area contributed by atoms with Gasteiger partial charge in [0.05, 0.1) is 0 Å². The largest absolute Gasteiger partial charge is 0.361 e. The van der Waals surface area contributed by atoms with Gasteiger partial charge in [0.15, 0.2) is 5.69 Å². The number of nitrogens with zero attached hydrogens (tertiary/aromatic N) is 1. The van der Waals surface area contributed by atoms with Gasteiger partial charge in [0.1, 0.15) is 5.76 Å². The smallest absolute Gasteiger partial charge is 0.277 e. The van der Waals surface area contributed by atoms with Crippen molar-refractivity contribution in [3.63, 3.8) is 0 Å². The predicted molar refractivity (Wildman–Crippen MR) is 65.0 cm³/mol. The maximum absolute atomic E-state index is 11.8. The zero-order valence-corrected chi connectivity index (χ0v) is 9.86. The summed E-state index contributed by atoms with van der Waals surface area (Å²) in [6, 6.07) is 9.35. The van der Waals surface area contributed by atoms with Gasteiger partial charge in [-0.15, -0.1) is 0 Å². The van der Waals surface area contributed by atoms with Crippen LogP contribution in [-0.4, -0.2) is 11.1 Å². The van der Waals surface area contributed by atoms with Crippen molar-refractivity contribution in [3.05, 3.63) is 47.3 Å². The van der Waals surface area contributed by atoms with Gasteiger partial charge in [0.2, 0.25) is 0 Å². The maximum Gasteiger partial charge on any atom is 0.277 e. The van der Waals surface area contributed by atoms with Gasteiger partial charge in [-0.2, -0.15) is 0 Å². The molecular weight excluding hydrogens is 216 g/mol. The standard InChI is InChI=1S/C13H14N2O2/c1-3-10-5-4-6-11(8-10)14-13(16)12-7-9(2)17-15-12/h4-8H,3H2,1-2H3,(H,14,16). The van der Waals surface area contributed by atoms with E-state index in [1.165, 1.54) is 5.56 Å². The lowest BCUT2D eigenvalue weighted by Crippen LogP contribution is -2.12. The van der Waals surface area contributed by atoms with E-state index >= 15 is 0 Å². The third-order valence-electron chi connectivity index (χ3n) is 2.45. The molecule has 17 heavy (non-hydrogen) atoms. The fraction of sp³-hybridized carbons (Fsp3) is 0.231. The van der Waals surface area contributed by atoms with Gasteiger partial charge in [-0.05, 0) is 31.0 Å². The molecule has 1 N–H and O–H groups in total. The number of aromatic nitrogens is 1. The lowest BCUT2D eigenvalue weighted by molar-refractivity contribution is 0.101. The van der Waals surface area contributed by atoms with Crippen LogP contribution in [0.4, 0.5) is 5.69 Å². The number of rotatable bonds is 3. The Morgan fingerprint density at radius 3 is 2.88 bits per heavy atom. The molecule has 2 aromatic rings. The minimum absolute atomic E-state index is 0.255. The number of benzene rings is 1. The molecule has 0 unspecified atom stereocenters. The van der Waals surface area contributed by atoms with Crippen molar-refractivity contribution < 1.29 is 9.32 Å². The molecule has 0 spiro atoms. The Morgan fingerprint density at radius 1 is 1.41 bits per heavy atom. The minimum atomic E-state index is -0.255. The Morgan fingerprint density at radius 2 is 2.24 bits per heavy atom. The first-order valence-electron chi connectivity index (χ1n) is 5.52. The predicted octanol–water partition coefficient (Wildman–Crippen LogP) is 2.80. The molecule has 1 amide bonds. The second kappa shape index (κ2) is 4.82. The highest BCUT2D eigenvalue weighted by molar-refractivity contribution is 6.02. The fourth-order valence-electron chi connectivity index (χ4n) is 1.54. The van der Waals surface area contributed by atoms with Crippen molar-refractivity contribution in [2.45, 2.75) is 20.3 Å². The first kappa shape index (κ1) is 11.4. The van der Waals surface area contributed by atoms with E-state index in [0.29, 0.717) is 11.5 Å². The number of carbonyl (C=O) groups excluding carboxylic acids is 1. The Labute approximate surface area is 99.6 Å². The topological polar surface area (TPSA) is 55.1 Å². The van der Waals surface area contributed by atoms with Crippen molar-refractivity contribution in [3.8, 4) is 0 Å². The average Bonchev–Trinajstić information content (AvgIpc) is 2.76. The van der Waals surface area contributed by atoms with E-state index in [4.69, 9.17) is 4.52 Å². The first-order valence-corrected chi connectivity index (χ1v) is 5.52. The summed E-state index contributed by atoms with van der Waals surface area (Å²) in [7, 11) is 0. The second-order valence-corrected chi connectivity index (χ2v) is 3.83. The number of hydrogen-bond donors (Lipinski definition) is 1. The molecule has 1 aromatic heterocycles. The molecule has 1 heterocycles. The number of nitrogens with one attached hydrogen (secondary N) is 1. The first-order chi connectivity index (χ1) is 8.19. The molecule has 4 heteroatoms. The van der Waals surface area contributed by atoms with Crippen LogP contribution in [-0.2, 0) is 6.42 Å².